The Bertz CT molecular complexity index is 1300. The van der Waals surface area contributed by atoms with E-state index in [2.05, 4.69) is 0 Å². The highest BCUT2D eigenvalue weighted by molar-refractivity contribution is 6.01. The third-order valence-corrected chi connectivity index (χ3v) is 12.0. The fourth-order valence-electron chi connectivity index (χ4n) is 10.0. The van der Waals surface area contributed by atoms with E-state index in [0.717, 1.165) is 5.57 Å². The Morgan fingerprint density at radius 3 is 2.65 bits per heavy atom. The maximum atomic E-state index is 14.8. The Hall–Kier alpha value is -2.36. The number of Topliss-reactive ketones (excluding diaryl/α,β-unsaturated/α-hetero) is 1. The second kappa shape index (κ2) is 6.10. The van der Waals surface area contributed by atoms with Gasteiger partial charge in [-0.15, -0.1) is 0 Å². The zero-order chi connectivity index (χ0) is 26.0. The average molecular weight is 511 g/mol. The zero-order valence-electron chi connectivity index (χ0n) is 21.1. The molecule has 0 amide bonds. The van der Waals surface area contributed by atoms with Crippen LogP contribution in [0.15, 0.2) is 23.8 Å². The first-order valence-electron chi connectivity index (χ1n) is 13.4. The van der Waals surface area contributed by atoms with E-state index in [9.17, 15) is 24.3 Å². The molecule has 8 aliphatic rings. The molecule has 6 fully saturated rings. The Morgan fingerprint density at radius 2 is 1.86 bits per heavy atom. The molecule has 196 valence electrons. The van der Waals surface area contributed by atoms with Gasteiger partial charge in [0.2, 0.25) is 5.79 Å². The highest BCUT2D eigenvalue weighted by Gasteiger charge is 2.93. The van der Waals surface area contributed by atoms with Gasteiger partial charge in [-0.25, -0.2) is 4.79 Å². The summed E-state index contributed by atoms with van der Waals surface area (Å²) in [6.45, 7) is 5.29. The summed E-state index contributed by atoms with van der Waals surface area (Å²) < 4.78 is 25.1. The number of fused-ring (bicyclic) bond motifs is 5. The lowest BCUT2D eigenvalue weighted by atomic mass is 9.46. The minimum absolute atomic E-state index is 0.0380. The summed E-state index contributed by atoms with van der Waals surface area (Å²) in [6.07, 6.45) is 6.24. The summed E-state index contributed by atoms with van der Waals surface area (Å²) in [5.74, 6) is -6.36. The third-order valence-electron chi connectivity index (χ3n) is 12.0. The topological polar surface area (TPSA) is 125 Å². The van der Waals surface area contributed by atoms with Gasteiger partial charge < -0.3 is 24.1 Å². The van der Waals surface area contributed by atoms with Crippen LogP contribution in [-0.2, 0) is 38.1 Å². The van der Waals surface area contributed by atoms with Gasteiger partial charge in [-0.3, -0.25) is 14.4 Å². The summed E-state index contributed by atoms with van der Waals surface area (Å²) >= 11 is 0. The fraction of sp³-hybridized carbons (Fsp3) is 0.714. The van der Waals surface area contributed by atoms with Crippen LogP contribution in [0, 0.1) is 34.5 Å². The maximum Gasteiger partial charge on any atom is 0.342 e. The molecule has 5 aliphatic heterocycles. The number of ether oxygens (including phenoxy) is 4. The number of ketones is 2. The molecule has 0 aromatic carbocycles. The summed E-state index contributed by atoms with van der Waals surface area (Å²) in [4.78, 5) is 55.2. The van der Waals surface area contributed by atoms with Crippen molar-refractivity contribution in [3.63, 3.8) is 0 Å². The first-order valence-corrected chi connectivity index (χ1v) is 13.4. The molecular formula is C28H30O9. The van der Waals surface area contributed by atoms with E-state index >= 15 is 0 Å². The van der Waals surface area contributed by atoms with Gasteiger partial charge in [0.05, 0.1) is 23.9 Å². The zero-order valence-corrected chi connectivity index (χ0v) is 21.1. The average Bonchev–Trinajstić information content (AvgIpc) is 3.16. The number of hydrogen-bond acceptors (Lipinski definition) is 9. The highest BCUT2D eigenvalue weighted by Crippen LogP contribution is 2.75. The Balaban J connectivity index is 1.43. The van der Waals surface area contributed by atoms with E-state index < -0.39 is 75.1 Å². The normalized spacial score (nSPS) is 58.5. The quantitative estimate of drug-likeness (QED) is 0.382. The van der Waals surface area contributed by atoms with Crippen molar-refractivity contribution in [1.29, 1.82) is 0 Å². The van der Waals surface area contributed by atoms with Crippen molar-refractivity contribution < 1.29 is 43.2 Å². The van der Waals surface area contributed by atoms with Crippen LogP contribution in [0.1, 0.15) is 52.9 Å². The molecule has 5 saturated heterocycles. The van der Waals surface area contributed by atoms with Crippen LogP contribution >= 0.6 is 0 Å². The van der Waals surface area contributed by atoms with Gasteiger partial charge in [-0.1, -0.05) is 24.6 Å². The van der Waals surface area contributed by atoms with Crippen LogP contribution in [0.5, 0.6) is 0 Å². The van der Waals surface area contributed by atoms with Crippen molar-refractivity contribution in [2.75, 3.05) is 6.61 Å². The fourth-order valence-corrected chi connectivity index (χ4v) is 10.0. The van der Waals surface area contributed by atoms with E-state index in [1.807, 2.05) is 26.0 Å². The van der Waals surface area contributed by atoms with Crippen molar-refractivity contribution in [3.05, 3.63) is 23.8 Å². The van der Waals surface area contributed by atoms with Gasteiger partial charge in [0, 0.05) is 5.92 Å². The molecule has 5 heterocycles. The van der Waals surface area contributed by atoms with Crippen LogP contribution in [0.3, 0.4) is 0 Å². The molecule has 1 saturated carbocycles. The second-order valence-electron chi connectivity index (χ2n) is 13.0. The van der Waals surface area contributed by atoms with Gasteiger partial charge in [-0.2, -0.15) is 0 Å². The van der Waals surface area contributed by atoms with Crippen LogP contribution < -0.4 is 0 Å². The summed E-state index contributed by atoms with van der Waals surface area (Å²) in [7, 11) is 0. The molecule has 0 aromatic heterocycles. The van der Waals surface area contributed by atoms with Crippen molar-refractivity contribution in [2.45, 2.75) is 81.6 Å². The van der Waals surface area contributed by atoms with Crippen LogP contribution in [0.4, 0.5) is 0 Å². The predicted molar refractivity (Wildman–Crippen MR) is 122 cm³/mol. The number of aliphatic hydroxyl groups is 1. The van der Waals surface area contributed by atoms with Gasteiger partial charge in [0.1, 0.15) is 6.10 Å². The first-order chi connectivity index (χ1) is 17.4. The lowest BCUT2D eigenvalue weighted by Gasteiger charge is -2.63. The van der Waals surface area contributed by atoms with Crippen molar-refractivity contribution in [2.24, 2.45) is 34.5 Å². The van der Waals surface area contributed by atoms with Gasteiger partial charge in [0.15, 0.2) is 28.4 Å². The number of esters is 2. The van der Waals surface area contributed by atoms with Gasteiger partial charge in [-0.05, 0) is 63.4 Å². The molecule has 8 rings (SSSR count). The van der Waals surface area contributed by atoms with Crippen molar-refractivity contribution in [1.82, 2.24) is 0 Å². The number of rotatable bonds is 0. The minimum Gasteiger partial charge on any atom is -0.458 e. The minimum atomic E-state index is -2.17. The number of carbonyl (C=O) groups excluding carboxylic acids is 4. The van der Waals surface area contributed by atoms with Crippen LogP contribution in [-0.4, -0.2) is 63.9 Å². The van der Waals surface area contributed by atoms with E-state index in [1.165, 1.54) is 0 Å². The van der Waals surface area contributed by atoms with Crippen LogP contribution in [0.2, 0.25) is 0 Å². The SMILES string of the molecule is C[C@]12C(=O)C=CCC1=CC[C@@H]1[C@H]2CC[C@]2(O)C(=O)O[C@]3(C)[C@@H]4C[C@]5(C)[C@H](CO[C@]16O[C@@]23[C@@H]5C6=O)C(=O)O4. The van der Waals surface area contributed by atoms with E-state index in [4.69, 9.17) is 18.9 Å². The molecule has 0 radical (unpaired) electrons. The number of carbonyl (C=O) groups is 4. The highest BCUT2D eigenvalue weighted by atomic mass is 16.8. The number of hydrogen-bond donors (Lipinski definition) is 1. The second-order valence-corrected chi connectivity index (χ2v) is 13.0. The van der Waals surface area contributed by atoms with Crippen molar-refractivity contribution >= 4 is 23.5 Å². The summed E-state index contributed by atoms with van der Waals surface area (Å²) in [5.41, 5.74) is -6.43. The molecule has 11 atom stereocenters. The van der Waals surface area contributed by atoms with E-state index in [1.54, 1.807) is 13.0 Å². The molecule has 9 nitrogen and oxygen atoms in total. The largest absolute Gasteiger partial charge is 0.458 e. The van der Waals surface area contributed by atoms with Gasteiger partial charge >= 0.3 is 11.9 Å². The molecular weight excluding hydrogens is 480 g/mol. The summed E-state index contributed by atoms with van der Waals surface area (Å²) in [6, 6.07) is 0. The van der Waals surface area contributed by atoms with Crippen LogP contribution in [0.25, 0.3) is 0 Å². The molecule has 5 bridgehead atoms. The lowest BCUT2D eigenvalue weighted by Crippen LogP contribution is -2.79. The third kappa shape index (κ3) is 1.97. The molecule has 2 spiro atoms. The Labute approximate surface area is 213 Å². The first kappa shape index (κ1) is 22.6. The standard InChI is InChI=1S/C28H30O9/c1-23-11-18-25(3)28-19(23)20(30)27(37-28,34-12-16(23)21(31)35-18)15-8-7-13-5-4-6-17(29)24(13,2)14(15)9-10-26(28,33)22(32)36-25/h4,6-7,14-16,18-19,33H,5,8-12H2,1-3H3/t14-,15-,16-,18+,19-,23-,24+,25-,26+,27+,28-/m1/s1. The molecule has 37 heavy (non-hydrogen) atoms. The molecule has 0 aromatic rings. The summed E-state index contributed by atoms with van der Waals surface area (Å²) in [5, 5.41) is 12.4. The van der Waals surface area contributed by atoms with E-state index in [-0.39, 0.29) is 24.6 Å². The van der Waals surface area contributed by atoms with Gasteiger partial charge in [0.25, 0.3) is 0 Å². The molecule has 9 heteroatoms. The Morgan fingerprint density at radius 1 is 1.08 bits per heavy atom. The smallest absolute Gasteiger partial charge is 0.342 e. The molecule has 3 aliphatic carbocycles. The lowest BCUT2D eigenvalue weighted by molar-refractivity contribution is -0.374. The van der Waals surface area contributed by atoms with Crippen molar-refractivity contribution in [3.8, 4) is 0 Å². The maximum absolute atomic E-state index is 14.8. The molecule has 0 unspecified atom stereocenters. The Kier molecular flexibility index (Phi) is 3.73. The predicted octanol–water partition coefficient (Wildman–Crippen LogP) is 1.56. The van der Waals surface area contributed by atoms with E-state index in [0.29, 0.717) is 25.7 Å². The number of allylic oxidation sites excluding steroid dienone is 4. The molecule has 1 N–H and O–H groups in total. The monoisotopic (exact) mass is 510 g/mol.